The SMILES string of the molecule is CSc1cccc(NC(=O)C(=O)NCC(c2ccsc2)N2CCCC2)c1. The van der Waals surface area contributed by atoms with Crippen LogP contribution in [0.1, 0.15) is 24.4 Å². The fourth-order valence-corrected chi connectivity index (χ4v) is 4.30. The summed E-state index contributed by atoms with van der Waals surface area (Å²) < 4.78 is 0. The Morgan fingerprint density at radius 1 is 1.23 bits per heavy atom. The maximum absolute atomic E-state index is 12.2. The van der Waals surface area contributed by atoms with Crippen LogP contribution in [0.4, 0.5) is 5.69 Å². The molecule has 0 aliphatic carbocycles. The number of carbonyl (C=O) groups excluding carboxylic acids is 2. The number of thiophene rings is 1. The zero-order chi connectivity index (χ0) is 18.4. The highest BCUT2D eigenvalue weighted by Gasteiger charge is 2.25. The number of hydrogen-bond acceptors (Lipinski definition) is 5. The summed E-state index contributed by atoms with van der Waals surface area (Å²) >= 11 is 3.24. The number of carbonyl (C=O) groups is 2. The standard InChI is InChI=1S/C19H23N3O2S2/c1-25-16-6-4-5-15(11-16)21-19(24)18(23)20-12-17(14-7-10-26-13-14)22-8-2-3-9-22/h4-7,10-11,13,17H,2-3,8-9,12H2,1H3,(H,20,23)(H,21,24). The van der Waals surface area contributed by atoms with Gasteiger partial charge in [0, 0.05) is 17.1 Å². The van der Waals surface area contributed by atoms with Gasteiger partial charge >= 0.3 is 11.8 Å². The van der Waals surface area contributed by atoms with Crippen LogP contribution in [0.25, 0.3) is 0 Å². The molecule has 26 heavy (non-hydrogen) atoms. The van der Waals surface area contributed by atoms with Gasteiger partial charge in [-0.2, -0.15) is 11.3 Å². The third-order valence-electron chi connectivity index (χ3n) is 4.50. The van der Waals surface area contributed by atoms with Crippen LogP contribution in [0.15, 0.2) is 46.0 Å². The third kappa shape index (κ3) is 4.87. The first-order valence-corrected chi connectivity index (χ1v) is 10.8. The molecule has 1 fully saturated rings. The van der Waals surface area contributed by atoms with E-state index in [0.717, 1.165) is 18.0 Å². The predicted octanol–water partition coefficient (Wildman–Crippen LogP) is 3.36. The summed E-state index contributed by atoms with van der Waals surface area (Å²) in [5.74, 6) is -1.23. The van der Waals surface area contributed by atoms with E-state index in [1.165, 1.54) is 18.4 Å². The highest BCUT2D eigenvalue weighted by atomic mass is 32.2. The summed E-state index contributed by atoms with van der Waals surface area (Å²) in [4.78, 5) is 27.9. The van der Waals surface area contributed by atoms with E-state index >= 15 is 0 Å². The van der Waals surface area contributed by atoms with Gasteiger partial charge in [0.05, 0.1) is 6.04 Å². The van der Waals surface area contributed by atoms with Crippen molar-refractivity contribution < 1.29 is 9.59 Å². The summed E-state index contributed by atoms with van der Waals surface area (Å²) in [7, 11) is 0. The zero-order valence-corrected chi connectivity index (χ0v) is 16.4. The van der Waals surface area contributed by atoms with E-state index < -0.39 is 11.8 Å². The molecule has 1 aliphatic rings. The zero-order valence-electron chi connectivity index (χ0n) is 14.7. The van der Waals surface area contributed by atoms with Gasteiger partial charge in [0.1, 0.15) is 0 Å². The number of rotatable bonds is 6. The molecular formula is C19H23N3O2S2. The molecule has 0 spiro atoms. The van der Waals surface area contributed by atoms with Gasteiger partial charge in [-0.3, -0.25) is 14.5 Å². The molecule has 1 saturated heterocycles. The molecule has 2 heterocycles. The van der Waals surface area contributed by atoms with Crippen molar-refractivity contribution in [2.24, 2.45) is 0 Å². The first-order chi connectivity index (χ1) is 12.7. The van der Waals surface area contributed by atoms with Crippen molar-refractivity contribution >= 4 is 40.6 Å². The number of amides is 2. The van der Waals surface area contributed by atoms with E-state index in [9.17, 15) is 9.59 Å². The molecule has 1 aromatic heterocycles. The Labute approximate surface area is 162 Å². The monoisotopic (exact) mass is 389 g/mol. The quantitative estimate of drug-likeness (QED) is 0.587. The van der Waals surface area contributed by atoms with E-state index in [0.29, 0.717) is 12.2 Å². The average Bonchev–Trinajstić information content (AvgIpc) is 3.36. The van der Waals surface area contributed by atoms with Crippen LogP contribution in [-0.2, 0) is 9.59 Å². The summed E-state index contributed by atoms with van der Waals surface area (Å²) in [6.45, 7) is 2.50. The molecule has 1 atom stereocenters. The van der Waals surface area contributed by atoms with Gasteiger partial charge in [-0.1, -0.05) is 6.07 Å². The lowest BCUT2D eigenvalue weighted by molar-refractivity contribution is -0.136. The molecule has 138 valence electrons. The van der Waals surface area contributed by atoms with Gasteiger partial charge in [0.15, 0.2) is 0 Å². The minimum absolute atomic E-state index is 0.125. The molecule has 2 amide bonds. The molecule has 2 aromatic rings. The van der Waals surface area contributed by atoms with Gasteiger partial charge in [-0.25, -0.2) is 0 Å². The molecule has 0 saturated carbocycles. The maximum Gasteiger partial charge on any atom is 0.313 e. The molecule has 0 bridgehead atoms. The molecule has 7 heteroatoms. The summed E-state index contributed by atoms with van der Waals surface area (Å²) in [5.41, 5.74) is 1.83. The number of nitrogens with one attached hydrogen (secondary N) is 2. The molecule has 3 rings (SSSR count). The van der Waals surface area contributed by atoms with Crippen LogP contribution < -0.4 is 10.6 Å². The largest absolute Gasteiger partial charge is 0.346 e. The Balaban J connectivity index is 1.58. The lowest BCUT2D eigenvalue weighted by Gasteiger charge is -2.27. The van der Waals surface area contributed by atoms with E-state index in [1.807, 2.05) is 29.8 Å². The van der Waals surface area contributed by atoms with E-state index in [-0.39, 0.29) is 6.04 Å². The summed E-state index contributed by atoms with van der Waals surface area (Å²) in [5, 5.41) is 9.63. The minimum atomic E-state index is -0.631. The van der Waals surface area contributed by atoms with Crippen molar-refractivity contribution in [3.8, 4) is 0 Å². The Morgan fingerprint density at radius 3 is 2.73 bits per heavy atom. The minimum Gasteiger partial charge on any atom is -0.346 e. The molecule has 2 N–H and O–H groups in total. The van der Waals surface area contributed by atoms with Crippen molar-refractivity contribution in [1.29, 1.82) is 0 Å². The van der Waals surface area contributed by atoms with Crippen LogP contribution in [0.5, 0.6) is 0 Å². The number of anilines is 1. The number of thioether (sulfide) groups is 1. The summed E-state index contributed by atoms with van der Waals surface area (Å²) in [6.07, 6.45) is 4.33. The van der Waals surface area contributed by atoms with Crippen molar-refractivity contribution in [1.82, 2.24) is 10.2 Å². The Kier molecular flexibility index (Phi) is 6.71. The van der Waals surface area contributed by atoms with Crippen molar-refractivity contribution in [3.63, 3.8) is 0 Å². The van der Waals surface area contributed by atoms with Crippen molar-refractivity contribution in [2.45, 2.75) is 23.8 Å². The fourth-order valence-electron chi connectivity index (χ4n) is 3.13. The molecule has 1 unspecified atom stereocenters. The molecule has 0 radical (unpaired) electrons. The van der Waals surface area contributed by atoms with Crippen LogP contribution in [0.3, 0.4) is 0 Å². The van der Waals surface area contributed by atoms with Crippen LogP contribution in [0, 0.1) is 0 Å². The predicted molar refractivity (Wildman–Crippen MR) is 108 cm³/mol. The third-order valence-corrected chi connectivity index (χ3v) is 5.93. The van der Waals surface area contributed by atoms with Crippen molar-refractivity contribution in [2.75, 3.05) is 31.2 Å². The normalized spacial score (nSPS) is 15.6. The number of hydrogen-bond donors (Lipinski definition) is 2. The molecule has 1 aliphatic heterocycles. The van der Waals surface area contributed by atoms with Crippen LogP contribution in [0.2, 0.25) is 0 Å². The lowest BCUT2D eigenvalue weighted by atomic mass is 10.1. The fraction of sp³-hybridized carbons (Fsp3) is 0.368. The highest BCUT2D eigenvalue weighted by Crippen LogP contribution is 2.26. The second-order valence-electron chi connectivity index (χ2n) is 6.21. The second-order valence-corrected chi connectivity index (χ2v) is 7.87. The van der Waals surface area contributed by atoms with Crippen LogP contribution >= 0.6 is 23.1 Å². The Morgan fingerprint density at radius 2 is 2.04 bits per heavy atom. The maximum atomic E-state index is 12.2. The van der Waals surface area contributed by atoms with Crippen LogP contribution in [-0.4, -0.2) is 42.6 Å². The second kappa shape index (κ2) is 9.21. The number of nitrogens with zero attached hydrogens (tertiary/aromatic N) is 1. The van der Waals surface area contributed by atoms with E-state index in [2.05, 4.69) is 27.0 Å². The number of likely N-dealkylation sites (tertiary alicyclic amines) is 1. The smallest absolute Gasteiger partial charge is 0.313 e. The average molecular weight is 390 g/mol. The van der Waals surface area contributed by atoms with Crippen molar-refractivity contribution in [3.05, 3.63) is 46.7 Å². The number of benzene rings is 1. The van der Waals surface area contributed by atoms with E-state index in [4.69, 9.17) is 0 Å². The topological polar surface area (TPSA) is 61.4 Å². The molecule has 1 aromatic carbocycles. The molecule has 5 nitrogen and oxygen atoms in total. The first kappa shape index (κ1) is 18.9. The molecular weight excluding hydrogens is 366 g/mol. The van der Waals surface area contributed by atoms with Gasteiger partial charge in [-0.15, -0.1) is 11.8 Å². The van der Waals surface area contributed by atoms with Gasteiger partial charge in [0.25, 0.3) is 0 Å². The summed E-state index contributed by atoms with van der Waals surface area (Å²) in [6, 6.07) is 9.67. The van der Waals surface area contributed by atoms with Gasteiger partial charge in [-0.05, 0) is 72.8 Å². The lowest BCUT2D eigenvalue weighted by Crippen LogP contribution is -2.41. The first-order valence-electron chi connectivity index (χ1n) is 8.67. The van der Waals surface area contributed by atoms with Gasteiger partial charge < -0.3 is 10.6 Å². The highest BCUT2D eigenvalue weighted by molar-refractivity contribution is 7.98. The van der Waals surface area contributed by atoms with Gasteiger partial charge in [0.2, 0.25) is 0 Å². The van der Waals surface area contributed by atoms with E-state index in [1.54, 1.807) is 29.2 Å². The Hall–Kier alpha value is -1.83. The Bertz CT molecular complexity index is 743.